The van der Waals surface area contributed by atoms with Crippen molar-refractivity contribution in [3.05, 3.63) is 60.2 Å². The van der Waals surface area contributed by atoms with Crippen molar-refractivity contribution in [1.82, 2.24) is 10.2 Å². The SMILES string of the molecule is O=C(Cl)c1ccc(-c2nnc(Oc3ccccc3)s2)cc1. The van der Waals surface area contributed by atoms with Gasteiger partial charge in [0.15, 0.2) is 5.01 Å². The molecule has 0 spiro atoms. The third-order valence-corrected chi connectivity index (χ3v) is 3.78. The van der Waals surface area contributed by atoms with Crippen molar-refractivity contribution in [2.45, 2.75) is 0 Å². The second-order valence-corrected chi connectivity index (χ2v) is 5.42. The van der Waals surface area contributed by atoms with E-state index in [9.17, 15) is 4.79 Å². The first-order valence-electron chi connectivity index (χ1n) is 6.09. The van der Waals surface area contributed by atoms with Gasteiger partial charge >= 0.3 is 0 Å². The lowest BCUT2D eigenvalue weighted by Gasteiger charge is -1.99. The van der Waals surface area contributed by atoms with Gasteiger partial charge in [0.1, 0.15) is 5.75 Å². The summed E-state index contributed by atoms with van der Waals surface area (Å²) in [5.74, 6) is 0.711. The lowest BCUT2D eigenvalue weighted by Crippen LogP contribution is -1.87. The van der Waals surface area contributed by atoms with Crippen LogP contribution in [0.2, 0.25) is 0 Å². The van der Waals surface area contributed by atoms with Crippen molar-refractivity contribution in [3.8, 4) is 21.5 Å². The third-order valence-electron chi connectivity index (χ3n) is 2.71. The molecule has 0 atom stereocenters. The van der Waals surface area contributed by atoms with E-state index < -0.39 is 5.24 Å². The van der Waals surface area contributed by atoms with Crippen LogP contribution in [0.15, 0.2) is 54.6 Å². The van der Waals surface area contributed by atoms with Gasteiger partial charge in [0.25, 0.3) is 10.4 Å². The van der Waals surface area contributed by atoms with E-state index in [2.05, 4.69) is 10.2 Å². The molecule has 0 aliphatic carbocycles. The van der Waals surface area contributed by atoms with Gasteiger partial charge in [0, 0.05) is 11.1 Å². The van der Waals surface area contributed by atoms with E-state index in [0.717, 1.165) is 10.6 Å². The summed E-state index contributed by atoms with van der Waals surface area (Å²) < 4.78 is 5.61. The third kappa shape index (κ3) is 3.26. The quantitative estimate of drug-likeness (QED) is 0.670. The Bertz CT molecular complexity index is 757. The number of carbonyl (C=O) groups is 1. The van der Waals surface area contributed by atoms with Crippen LogP contribution in [-0.4, -0.2) is 15.4 Å². The molecule has 0 saturated heterocycles. The van der Waals surface area contributed by atoms with Crippen LogP contribution in [0.25, 0.3) is 10.6 Å². The molecule has 0 aliphatic heterocycles. The Balaban J connectivity index is 1.80. The number of aromatic nitrogens is 2. The van der Waals surface area contributed by atoms with E-state index in [1.165, 1.54) is 11.3 Å². The molecule has 4 nitrogen and oxygen atoms in total. The summed E-state index contributed by atoms with van der Waals surface area (Å²) in [7, 11) is 0. The second kappa shape index (κ2) is 6.03. The van der Waals surface area contributed by atoms with E-state index in [1.807, 2.05) is 30.3 Å². The molecular formula is C15H9ClN2O2S. The number of hydrogen-bond acceptors (Lipinski definition) is 5. The highest BCUT2D eigenvalue weighted by Gasteiger charge is 2.09. The summed E-state index contributed by atoms with van der Waals surface area (Å²) in [4.78, 5) is 11.0. The van der Waals surface area contributed by atoms with Crippen LogP contribution in [0, 0.1) is 0 Å². The number of hydrogen-bond donors (Lipinski definition) is 0. The van der Waals surface area contributed by atoms with Gasteiger partial charge in [-0.3, -0.25) is 4.79 Å². The van der Waals surface area contributed by atoms with Crippen LogP contribution in [-0.2, 0) is 0 Å². The first kappa shape index (κ1) is 13.7. The Morgan fingerprint density at radius 3 is 2.38 bits per heavy atom. The molecule has 2 aromatic carbocycles. The Morgan fingerprint density at radius 1 is 1.00 bits per heavy atom. The van der Waals surface area contributed by atoms with Gasteiger partial charge < -0.3 is 4.74 Å². The highest BCUT2D eigenvalue weighted by atomic mass is 35.5. The zero-order valence-electron chi connectivity index (χ0n) is 10.7. The molecule has 3 rings (SSSR count). The van der Waals surface area contributed by atoms with E-state index in [0.29, 0.717) is 16.5 Å². The van der Waals surface area contributed by atoms with Gasteiger partial charge in [0.2, 0.25) is 0 Å². The summed E-state index contributed by atoms with van der Waals surface area (Å²) in [6, 6.07) is 16.3. The summed E-state index contributed by atoms with van der Waals surface area (Å²) >= 11 is 6.74. The highest BCUT2D eigenvalue weighted by Crippen LogP contribution is 2.30. The molecule has 1 aromatic heterocycles. The molecule has 0 radical (unpaired) electrons. The maximum Gasteiger partial charge on any atom is 0.299 e. The van der Waals surface area contributed by atoms with Gasteiger partial charge in [-0.05, 0) is 35.9 Å². The van der Waals surface area contributed by atoms with E-state index in [-0.39, 0.29) is 0 Å². The molecule has 104 valence electrons. The first-order chi connectivity index (χ1) is 10.2. The van der Waals surface area contributed by atoms with Gasteiger partial charge in [-0.15, -0.1) is 5.10 Å². The van der Waals surface area contributed by atoms with Gasteiger partial charge in [-0.2, -0.15) is 0 Å². The Labute approximate surface area is 130 Å². The summed E-state index contributed by atoms with van der Waals surface area (Å²) in [6.45, 7) is 0. The van der Waals surface area contributed by atoms with Crippen LogP contribution < -0.4 is 4.74 Å². The molecule has 0 unspecified atom stereocenters. The second-order valence-electron chi connectivity index (χ2n) is 4.14. The topological polar surface area (TPSA) is 52.1 Å². The molecule has 0 bridgehead atoms. The fourth-order valence-electron chi connectivity index (χ4n) is 1.70. The Kier molecular flexibility index (Phi) is 3.94. The average molecular weight is 317 g/mol. The van der Waals surface area contributed by atoms with Crippen molar-refractivity contribution < 1.29 is 9.53 Å². The standard InChI is InChI=1S/C15H9ClN2O2S/c16-13(19)10-6-8-11(9-7-10)14-17-18-15(21-14)20-12-4-2-1-3-5-12/h1-9H. The highest BCUT2D eigenvalue weighted by molar-refractivity contribution is 7.16. The summed E-state index contributed by atoms with van der Waals surface area (Å²) in [5.41, 5.74) is 1.31. The summed E-state index contributed by atoms with van der Waals surface area (Å²) in [5, 5.41) is 8.79. The van der Waals surface area contributed by atoms with Crippen LogP contribution >= 0.6 is 22.9 Å². The molecular weight excluding hydrogens is 308 g/mol. The molecule has 0 saturated carbocycles. The minimum absolute atomic E-state index is 0.450. The van der Waals surface area contributed by atoms with Crippen LogP contribution in [0.5, 0.6) is 10.9 Å². The van der Waals surface area contributed by atoms with Gasteiger partial charge in [0.05, 0.1) is 0 Å². The minimum Gasteiger partial charge on any atom is -0.430 e. The molecule has 0 amide bonds. The molecule has 1 heterocycles. The maximum absolute atomic E-state index is 11.0. The Hall–Kier alpha value is -2.24. The smallest absolute Gasteiger partial charge is 0.299 e. The summed E-state index contributed by atoms with van der Waals surface area (Å²) in [6.07, 6.45) is 0. The van der Waals surface area contributed by atoms with E-state index in [4.69, 9.17) is 16.3 Å². The zero-order chi connectivity index (χ0) is 14.7. The predicted molar refractivity (Wildman–Crippen MR) is 82.0 cm³/mol. The average Bonchev–Trinajstić information content (AvgIpc) is 2.97. The number of ether oxygens (including phenoxy) is 1. The zero-order valence-corrected chi connectivity index (χ0v) is 12.3. The normalized spacial score (nSPS) is 10.3. The van der Waals surface area contributed by atoms with Crippen LogP contribution in [0.4, 0.5) is 0 Å². The number of para-hydroxylation sites is 1. The number of rotatable bonds is 4. The number of halogens is 1. The van der Waals surface area contributed by atoms with Crippen LogP contribution in [0.1, 0.15) is 10.4 Å². The molecule has 0 fully saturated rings. The maximum atomic E-state index is 11.0. The molecule has 3 aromatic rings. The molecule has 0 N–H and O–H groups in total. The molecule has 21 heavy (non-hydrogen) atoms. The van der Waals surface area contributed by atoms with Crippen molar-refractivity contribution in [2.24, 2.45) is 0 Å². The predicted octanol–water partition coefficient (Wildman–Crippen LogP) is 4.38. The van der Waals surface area contributed by atoms with Crippen molar-refractivity contribution in [3.63, 3.8) is 0 Å². The largest absolute Gasteiger partial charge is 0.430 e. The van der Waals surface area contributed by atoms with Crippen LogP contribution in [0.3, 0.4) is 0 Å². The number of carbonyl (C=O) groups excluding carboxylic acids is 1. The van der Waals surface area contributed by atoms with Crippen molar-refractivity contribution in [1.29, 1.82) is 0 Å². The molecule has 0 aliphatic rings. The fourth-order valence-corrected chi connectivity index (χ4v) is 2.55. The fraction of sp³-hybridized carbons (Fsp3) is 0. The minimum atomic E-state index is -0.480. The van der Waals surface area contributed by atoms with Gasteiger partial charge in [-0.1, -0.05) is 46.8 Å². The monoisotopic (exact) mass is 316 g/mol. The lowest BCUT2D eigenvalue weighted by molar-refractivity contribution is 0.108. The van der Waals surface area contributed by atoms with Crippen molar-refractivity contribution >= 4 is 28.2 Å². The Morgan fingerprint density at radius 2 is 1.71 bits per heavy atom. The first-order valence-corrected chi connectivity index (χ1v) is 7.28. The van der Waals surface area contributed by atoms with Crippen molar-refractivity contribution in [2.75, 3.05) is 0 Å². The number of nitrogens with zero attached hydrogens (tertiary/aromatic N) is 2. The van der Waals surface area contributed by atoms with E-state index >= 15 is 0 Å². The number of benzene rings is 2. The molecule has 6 heteroatoms. The van der Waals surface area contributed by atoms with Gasteiger partial charge in [-0.25, -0.2) is 0 Å². The lowest BCUT2D eigenvalue weighted by atomic mass is 10.1. The van der Waals surface area contributed by atoms with E-state index in [1.54, 1.807) is 24.3 Å².